The number of nitrogens with zero attached hydrogens (tertiary/aromatic N) is 4. The van der Waals surface area contributed by atoms with Gasteiger partial charge in [-0.3, -0.25) is 14.9 Å². The van der Waals surface area contributed by atoms with Crippen molar-refractivity contribution in [3.05, 3.63) is 46.3 Å². The molecule has 98 valence electrons. The number of rotatable bonds is 4. The van der Waals surface area contributed by atoms with Gasteiger partial charge in [0.05, 0.1) is 16.8 Å². The van der Waals surface area contributed by atoms with Gasteiger partial charge in [0.2, 0.25) is 5.91 Å². The summed E-state index contributed by atoms with van der Waals surface area (Å²) in [6, 6.07) is 5.75. The number of nitro benzene ring substituents is 1. The Kier molecular flexibility index (Phi) is 3.51. The second-order valence-electron chi connectivity index (χ2n) is 3.89. The topological polar surface area (TPSA) is 103 Å². The highest BCUT2D eigenvalue weighted by Crippen LogP contribution is 2.16. The van der Waals surface area contributed by atoms with Gasteiger partial charge in [-0.2, -0.15) is 0 Å². The van der Waals surface area contributed by atoms with E-state index in [0.29, 0.717) is 5.69 Å². The number of hydrogen-bond donors (Lipinski definition) is 1. The summed E-state index contributed by atoms with van der Waals surface area (Å²) < 4.78 is 1.44. The number of non-ortho nitro benzene ring substituents is 1. The molecule has 1 heterocycles. The van der Waals surface area contributed by atoms with Gasteiger partial charge in [-0.15, -0.1) is 5.10 Å². The Bertz CT molecular complexity index is 622. The quantitative estimate of drug-likeness (QED) is 0.656. The summed E-state index contributed by atoms with van der Waals surface area (Å²) in [4.78, 5) is 21.8. The predicted octanol–water partition coefficient (Wildman–Crippen LogP) is 1.13. The molecule has 0 atom stereocenters. The van der Waals surface area contributed by atoms with Crippen molar-refractivity contribution in [2.45, 2.75) is 13.5 Å². The number of carbonyl (C=O) groups excluding carboxylic acids is 1. The van der Waals surface area contributed by atoms with Gasteiger partial charge in [-0.1, -0.05) is 11.3 Å². The van der Waals surface area contributed by atoms with Crippen LogP contribution in [0.1, 0.15) is 5.69 Å². The molecular formula is C11H11N5O3. The fourth-order valence-electron chi connectivity index (χ4n) is 1.50. The lowest BCUT2D eigenvalue weighted by atomic mass is 10.3. The number of aryl methyl sites for hydroxylation is 1. The number of anilines is 1. The molecule has 1 aromatic heterocycles. The van der Waals surface area contributed by atoms with E-state index in [1.165, 1.54) is 22.9 Å². The number of hydrogen-bond acceptors (Lipinski definition) is 5. The van der Waals surface area contributed by atoms with E-state index >= 15 is 0 Å². The Morgan fingerprint density at radius 3 is 2.95 bits per heavy atom. The highest BCUT2D eigenvalue weighted by Gasteiger charge is 2.09. The monoisotopic (exact) mass is 261 g/mol. The van der Waals surface area contributed by atoms with Gasteiger partial charge in [0, 0.05) is 17.8 Å². The second kappa shape index (κ2) is 5.25. The van der Waals surface area contributed by atoms with Gasteiger partial charge in [-0.25, -0.2) is 4.68 Å². The van der Waals surface area contributed by atoms with Crippen LogP contribution in [0.3, 0.4) is 0 Å². The maximum absolute atomic E-state index is 11.7. The van der Waals surface area contributed by atoms with Gasteiger partial charge in [0.1, 0.15) is 6.54 Å². The summed E-state index contributed by atoms with van der Waals surface area (Å²) in [5.74, 6) is -0.325. The largest absolute Gasteiger partial charge is 0.324 e. The number of nitrogens with one attached hydrogen (secondary N) is 1. The van der Waals surface area contributed by atoms with E-state index in [1.54, 1.807) is 19.2 Å². The first-order valence-electron chi connectivity index (χ1n) is 5.45. The van der Waals surface area contributed by atoms with Gasteiger partial charge < -0.3 is 5.32 Å². The van der Waals surface area contributed by atoms with Crippen molar-refractivity contribution in [1.29, 1.82) is 0 Å². The Morgan fingerprint density at radius 1 is 1.53 bits per heavy atom. The zero-order chi connectivity index (χ0) is 13.8. The van der Waals surface area contributed by atoms with Crippen molar-refractivity contribution in [3.8, 4) is 0 Å². The van der Waals surface area contributed by atoms with E-state index in [1.807, 2.05) is 0 Å². The Balaban J connectivity index is 2.05. The first-order valence-corrected chi connectivity index (χ1v) is 5.45. The molecular weight excluding hydrogens is 250 g/mol. The molecule has 0 fully saturated rings. The lowest BCUT2D eigenvalue weighted by Crippen LogP contribution is -2.20. The van der Waals surface area contributed by atoms with Crippen LogP contribution >= 0.6 is 0 Å². The van der Waals surface area contributed by atoms with Crippen LogP contribution in [-0.4, -0.2) is 25.8 Å². The summed E-state index contributed by atoms with van der Waals surface area (Å²) in [7, 11) is 0. The van der Waals surface area contributed by atoms with E-state index in [-0.39, 0.29) is 18.1 Å². The van der Waals surface area contributed by atoms with Gasteiger partial charge in [0.15, 0.2) is 0 Å². The molecule has 0 bridgehead atoms. The molecule has 2 aromatic rings. The first kappa shape index (κ1) is 12.7. The highest BCUT2D eigenvalue weighted by atomic mass is 16.6. The molecule has 1 amide bonds. The molecule has 0 aliphatic rings. The summed E-state index contributed by atoms with van der Waals surface area (Å²) in [5, 5.41) is 20.6. The summed E-state index contributed by atoms with van der Waals surface area (Å²) in [5.41, 5.74) is 1.06. The van der Waals surface area contributed by atoms with Crippen molar-refractivity contribution in [2.24, 2.45) is 0 Å². The zero-order valence-electron chi connectivity index (χ0n) is 10.1. The van der Waals surface area contributed by atoms with Crippen molar-refractivity contribution in [1.82, 2.24) is 15.0 Å². The maximum Gasteiger partial charge on any atom is 0.271 e. The van der Waals surface area contributed by atoms with Crippen LogP contribution in [-0.2, 0) is 11.3 Å². The minimum absolute atomic E-state index is 0.00846. The second-order valence-corrected chi connectivity index (χ2v) is 3.89. The molecule has 0 saturated heterocycles. The average molecular weight is 261 g/mol. The van der Waals surface area contributed by atoms with Crippen LogP contribution < -0.4 is 5.32 Å². The number of nitro groups is 1. The SMILES string of the molecule is Cc1cnnn1CC(=O)Nc1cccc([N+](=O)[O-])c1. The Morgan fingerprint density at radius 2 is 2.32 bits per heavy atom. The summed E-state index contributed by atoms with van der Waals surface area (Å²) in [6.07, 6.45) is 1.54. The molecule has 8 heteroatoms. The fraction of sp³-hybridized carbons (Fsp3) is 0.182. The van der Waals surface area contributed by atoms with Crippen LogP contribution in [0.5, 0.6) is 0 Å². The molecule has 0 radical (unpaired) electrons. The van der Waals surface area contributed by atoms with Crippen LogP contribution in [0.4, 0.5) is 11.4 Å². The van der Waals surface area contributed by atoms with E-state index in [4.69, 9.17) is 0 Å². The molecule has 0 spiro atoms. The van der Waals surface area contributed by atoms with Gasteiger partial charge in [0.25, 0.3) is 5.69 Å². The van der Waals surface area contributed by atoms with Crippen LogP contribution in [0.15, 0.2) is 30.5 Å². The Labute approximate surface area is 108 Å². The standard InChI is InChI=1S/C11H11N5O3/c1-8-6-12-14-15(8)7-11(17)13-9-3-2-4-10(5-9)16(18)19/h2-6H,7H2,1H3,(H,13,17). The van der Waals surface area contributed by atoms with E-state index < -0.39 is 4.92 Å². The lowest BCUT2D eigenvalue weighted by Gasteiger charge is -2.05. The molecule has 8 nitrogen and oxygen atoms in total. The van der Waals surface area contributed by atoms with E-state index in [0.717, 1.165) is 5.69 Å². The molecule has 19 heavy (non-hydrogen) atoms. The lowest BCUT2D eigenvalue weighted by molar-refractivity contribution is -0.384. The smallest absolute Gasteiger partial charge is 0.271 e. The third kappa shape index (κ3) is 3.12. The molecule has 2 rings (SSSR count). The number of carbonyl (C=O) groups is 1. The molecule has 0 aliphatic heterocycles. The highest BCUT2D eigenvalue weighted by molar-refractivity contribution is 5.90. The fourth-order valence-corrected chi connectivity index (χ4v) is 1.50. The third-order valence-electron chi connectivity index (χ3n) is 2.45. The molecule has 1 aromatic carbocycles. The molecule has 1 N–H and O–H groups in total. The number of aromatic nitrogens is 3. The van der Waals surface area contributed by atoms with Crippen LogP contribution in [0.2, 0.25) is 0 Å². The van der Waals surface area contributed by atoms with Crippen molar-refractivity contribution >= 4 is 17.3 Å². The minimum atomic E-state index is -0.517. The zero-order valence-corrected chi connectivity index (χ0v) is 10.1. The third-order valence-corrected chi connectivity index (χ3v) is 2.45. The van der Waals surface area contributed by atoms with Crippen LogP contribution in [0.25, 0.3) is 0 Å². The maximum atomic E-state index is 11.7. The summed E-state index contributed by atoms with van der Waals surface area (Å²) >= 11 is 0. The normalized spacial score (nSPS) is 10.2. The van der Waals surface area contributed by atoms with E-state index in [9.17, 15) is 14.9 Å². The number of amides is 1. The first-order chi connectivity index (χ1) is 9.06. The summed E-state index contributed by atoms with van der Waals surface area (Å²) in [6.45, 7) is 1.79. The van der Waals surface area contributed by atoms with Gasteiger partial charge in [-0.05, 0) is 13.0 Å². The average Bonchev–Trinajstić information content (AvgIpc) is 2.75. The van der Waals surface area contributed by atoms with Crippen molar-refractivity contribution in [2.75, 3.05) is 5.32 Å². The van der Waals surface area contributed by atoms with Gasteiger partial charge >= 0.3 is 0 Å². The van der Waals surface area contributed by atoms with Crippen molar-refractivity contribution in [3.63, 3.8) is 0 Å². The van der Waals surface area contributed by atoms with Crippen LogP contribution in [0, 0.1) is 17.0 Å². The van der Waals surface area contributed by atoms with Crippen molar-refractivity contribution < 1.29 is 9.72 Å². The molecule has 0 aliphatic carbocycles. The predicted molar refractivity (Wildman–Crippen MR) is 66.5 cm³/mol. The number of benzene rings is 1. The molecule has 0 unspecified atom stereocenters. The Hall–Kier alpha value is -2.77. The molecule has 0 saturated carbocycles. The van der Waals surface area contributed by atoms with E-state index in [2.05, 4.69) is 15.6 Å². The minimum Gasteiger partial charge on any atom is -0.324 e.